The number of methoxy groups -OCH3 is 2. The highest BCUT2D eigenvalue weighted by Crippen LogP contribution is 2.35. The average molecular weight is 398 g/mol. The van der Waals surface area contributed by atoms with Crippen LogP contribution in [-0.2, 0) is 4.74 Å². The fraction of sp³-hybridized carbons (Fsp3) is 0.200. The maximum absolute atomic E-state index is 12.6. The Bertz CT molecular complexity index is 1120. The van der Waals surface area contributed by atoms with Gasteiger partial charge in [0.25, 0.3) is 5.69 Å². The van der Waals surface area contributed by atoms with Crippen LogP contribution in [0.2, 0.25) is 0 Å². The Morgan fingerprint density at radius 2 is 1.76 bits per heavy atom. The minimum Gasteiger partial charge on any atom is -0.493 e. The first-order valence-corrected chi connectivity index (χ1v) is 8.55. The minimum atomic E-state index is -1.01. The van der Waals surface area contributed by atoms with E-state index < -0.39 is 29.0 Å². The number of nitro benzene ring substituents is 1. The Kier molecular flexibility index (Phi) is 5.49. The van der Waals surface area contributed by atoms with E-state index in [0.29, 0.717) is 16.6 Å². The summed E-state index contributed by atoms with van der Waals surface area (Å²) in [7, 11) is 2.66. The van der Waals surface area contributed by atoms with Crippen molar-refractivity contribution in [3.05, 3.63) is 63.3 Å². The molecule has 29 heavy (non-hydrogen) atoms. The highest BCUT2D eigenvalue weighted by Gasteiger charge is 2.27. The van der Waals surface area contributed by atoms with Crippen LogP contribution < -0.4 is 9.47 Å². The third-order valence-corrected chi connectivity index (χ3v) is 4.43. The smallest absolute Gasteiger partial charge is 0.345 e. The van der Waals surface area contributed by atoms with Crippen LogP contribution in [0.15, 0.2) is 36.4 Å². The van der Waals surface area contributed by atoms with Crippen LogP contribution >= 0.6 is 0 Å². The van der Waals surface area contributed by atoms with E-state index in [2.05, 4.69) is 4.98 Å². The third kappa shape index (κ3) is 3.75. The van der Waals surface area contributed by atoms with E-state index in [1.54, 1.807) is 19.1 Å². The molecule has 3 rings (SSSR count). The molecule has 0 radical (unpaired) electrons. The summed E-state index contributed by atoms with van der Waals surface area (Å²) < 4.78 is 15.2. The second-order valence-electron chi connectivity index (χ2n) is 6.15. The average Bonchev–Trinajstić information content (AvgIpc) is 3.06. The van der Waals surface area contributed by atoms with E-state index in [9.17, 15) is 19.7 Å². The number of aryl methyl sites for hydroxylation is 1. The van der Waals surface area contributed by atoms with Gasteiger partial charge in [0.15, 0.2) is 18.1 Å². The summed E-state index contributed by atoms with van der Waals surface area (Å²) in [5.41, 5.74) is 0.995. The maximum Gasteiger partial charge on any atom is 0.345 e. The molecule has 0 atom stereocenters. The van der Waals surface area contributed by atoms with Crippen molar-refractivity contribution in [3.8, 4) is 11.5 Å². The summed E-state index contributed by atoms with van der Waals surface area (Å²) in [6.07, 6.45) is 0. The molecular formula is C20H18N2O7. The van der Waals surface area contributed by atoms with E-state index in [-0.39, 0.29) is 17.1 Å². The monoisotopic (exact) mass is 398 g/mol. The molecule has 0 aliphatic carbocycles. The van der Waals surface area contributed by atoms with Gasteiger partial charge in [0, 0.05) is 28.2 Å². The van der Waals surface area contributed by atoms with Gasteiger partial charge in [-0.05, 0) is 13.0 Å². The summed E-state index contributed by atoms with van der Waals surface area (Å²) in [4.78, 5) is 38.8. The van der Waals surface area contributed by atoms with E-state index in [1.807, 2.05) is 12.1 Å². The molecule has 0 aliphatic heterocycles. The molecule has 0 fully saturated rings. The Morgan fingerprint density at radius 3 is 2.41 bits per heavy atom. The second kappa shape index (κ2) is 8.01. The Labute approximate surface area is 165 Å². The number of nitro groups is 1. The number of rotatable bonds is 7. The lowest BCUT2D eigenvalue weighted by atomic mass is 10.1. The van der Waals surface area contributed by atoms with Crippen LogP contribution in [0.1, 0.15) is 26.4 Å². The number of H-pyrrole nitrogens is 1. The van der Waals surface area contributed by atoms with E-state index in [4.69, 9.17) is 14.2 Å². The predicted octanol–water partition coefficient (Wildman–Crippen LogP) is 3.44. The number of carbonyl (C=O) groups is 2. The molecule has 9 heteroatoms. The number of para-hydroxylation sites is 1. The number of hydrogen-bond acceptors (Lipinski definition) is 7. The van der Waals surface area contributed by atoms with Crippen LogP contribution in [0.4, 0.5) is 5.69 Å². The minimum absolute atomic E-state index is 0.0984. The molecule has 0 unspecified atom stereocenters. The number of ketones is 1. The van der Waals surface area contributed by atoms with Gasteiger partial charge in [0.1, 0.15) is 5.56 Å². The zero-order valence-electron chi connectivity index (χ0n) is 16.0. The molecule has 1 N–H and O–H groups in total. The van der Waals surface area contributed by atoms with E-state index in [1.165, 1.54) is 14.2 Å². The molecule has 2 aromatic carbocycles. The Balaban J connectivity index is 1.86. The topological polar surface area (TPSA) is 121 Å². The largest absolute Gasteiger partial charge is 0.493 e. The Morgan fingerprint density at radius 1 is 1.10 bits per heavy atom. The molecule has 0 amide bonds. The zero-order chi connectivity index (χ0) is 21.1. The maximum atomic E-state index is 12.6. The van der Waals surface area contributed by atoms with Crippen molar-refractivity contribution >= 4 is 28.3 Å². The Hall–Kier alpha value is -3.88. The van der Waals surface area contributed by atoms with Crippen molar-refractivity contribution in [1.82, 2.24) is 4.98 Å². The number of benzene rings is 2. The van der Waals surface area contributed by atoms with Crippen molar-refractivity contribution in [1.29, 1.82) is 0 Å². The summed E-state index contributed by atoms with van der Waals surface area (Å²) in [6.45, 7) is 1.18. The van der Waals surface area contributed by atoms with Gasteiger partial charge in [0.2, 0.25) is 5.78 Å². The molecule has 0 spiro atoms. The molecule has 0 saturated heterocycles. The fourth-order valence-electron chi connectivity index (χ4n) is 3.10. The van der Waals surface area contributed by atoms with Gasteiger partial charge in [-0.15, -0.1) is 0 Å². The number of hydrogen-bond donors (Lipinski definition) is 1. The van der Waals surface area contributed by atoms with Gasteiger partial charge in [-0.25, -0.2) is 4.79 Å². The van der Waals surface area contributed by atoms with Gasteiger partial charge >= 0.3 is 5.97 Å². The van der Waals surface area contributed by atoms with Crippen molar-refractivity contribution in [2.75, 3.05) is 20.8 Å². The SMILES string of the molecule is COc1cc(C(=O)OCC(=O)c2c(C)[nH]c3ccccc23)c([N+](=O)[O-])cc1OC. The number of aromatic amines is 1. The molecule has 1 aromatic heterocycles. The van der Waals surface area contributed by atoms with Crippen molar-refractivity contribution in [2.45, 2.75) is 6.92 Å². The number of fused-ring (bicyclic) bond motifs is 1. The van der Waals surface area contributed by atoms with Crippen LogP contribution in [0.25, 0.3) is 10.9 Å². The molecular weight excluding hydrogens is 380 g/mol. The van der Waals surface area contributed by atoms with Gasteiger partial charge in [0.05, 0.1) is 25.2 Å². The van der Waals surface area contributed by atoms with Crippen LogP contribution in [0.3, 0.4) is 0 Å². The lowest BCUT2D eigenvalue weighted by Crippen LogP contribution is -2.16. The highest BCUT2D eigenvalue weighted by molar-refractivity contribution is 6.10. The first kappa shape index (κ1) is 19.9. The second-order valence-corrected chi connectivity index (χ2v) is 6.15. The summed E-state index contributed by atoms with van der Waals surface area (Å²) in [5.74, 6) is -1.20. The molecule has 0 bridgehead atoms. The van der Waals surface area contributed by atoms with Crippen LogP contribution in [0, 0.1) is 17.0 Å². The highest BCUT2D eigenvalue weighted by atomic mass is 16.6. The predicted molar refractivity (Wildman–Crippen MR) is 104 cm³/mol. The lowest BCUT2D eigenvalue weighted by molar-refractivity contribution is -0.385. The summed E-state index contributed by atoms with van der Waals surface area (Å²) in [6, 6.07) is 9.47. The normalized spacial score (nSPS) is 10.6. The standard InChI is InChI=1S/C20H18N2O7/c1-11-19(12-6-4-5-7-14(12)21-11)16(23)10-29-20(24)13-8-17(27-2)18(28-3)9-15(13)22(25)26/h4-9,21H,10H2,1-3H3. The zero-order valence-corrected chi connectivity index (χ0v) is 16.0. The molecule has 150 valence electrons. The van der Waals surface area contributed by atoms with Crippen LogP contribution in [-0.4, -0.2) is 42.5 Å². The molecule has 0 saturated carbocycles. The summed E-state index contributed by atoms with van der Waals surface area (Å²) >= 11 is 0. The van der Waals surface area contributed by atoms with E-state index in [0.717, 1.165) is 17.6 Å². The molecule has 3 aromatic rings. The molecule has 0 aliphatic rings. The molecule has 1 heterocycles. The van der Waals surface area contributed by atoms with E-state index >= 15 is 0 Å². The lowest BCUT2D eigenvalue weighted by Gasteiger charge is -2.10. The number of Topliss-reactive ketones (excluding diaryl/α,β-unsaturated/α-hetero) is 1. The number of aromatic nitrogens is 1. The van der Waals surface area contributed by atoms with Gasteiger partial charge in [-0.2, -0.15) is 0 Å². The van der Waals surface area contributed by atoms with Crippen molar-refractivity contribution in [3.63, 3.8) is 0 Å². The number of nitrogens with zero attached hydrogens (tertiary/aromatic N) is 1. The molecule has 9 nitrogen and oxygen atoms in total. The first-order chi connectivity index (χ1) is 13.9. The van der Waals surface area contributed by atoms with Gasteiger partial charge in [-0.1, -0.05) is 18.2 Å². The fourth-order valence-corrected chi connectivity index (χ4v) is 3.10. The van der Waals surface area contributed by atoms with Crippen molar-refractivity contribution < 1.29 is 28.7 Å². The third-order valence-electron chi connectivity index (χ3n) is 4.43. The first-order valence-electron chi connectivity index (χ1n) is 8.55. The van der Waals surface area contributed by atoms with Gasteiger partial charge < -0.3 is 19.2 Å². The number of carbonyl (C=O) groups excluding carboxylic acids is 2. The number of ether oxygens (including phenoxy) is 3. The van der Waals surface area contributed by atoms with Gasteiger partial charge in [-0.3, -0.25) is 14.9 Å². The van der Waals surface area contributed by atoms with Crippen molar-refractivity contribution in [2.24, 2.45) is 0 Å². The number of nitrogens with one attached hydrogen (secondary N) is 1. The summed E-state index contributed by atoms with van der Waals surface area (Å²) in [5, 5.41) is 12.1. The quantitative estimate of drug-likeness (QED) is 0.280. The number of esters is 1. The van der Waals surface area contributed by atoms with Crippen LogP contribution in [0.5, 0.6) is 11.5 Å².